The smallest absolute Gasteiger partial charge is 0.416 e. The summed E-state index contributed by atoms with van der Waals surface area (Å²) in [6.45, 7) is 1.52. The van der Waals surface area contributed by atoms with Gasteiger partial charge in [0.1, 0.15) is 5.76 Å². The van der Waals surface area contributed by atoms with Crippen molar-refractivity contribution >= 4 is 22.4 Å². The predicted molar refractivity (Wildman–Crippen MR) is 165 cm³/mol. The van der Waals surface area contributed by atoms with Gasteiger partial charge in [-0.05, 0) is 52.9 Å². The van der Waals surface area contributed by atoms with Gasteiger partial charge in [0.25, 0.3) is 0 Å². The van der Waals surface area contributed by atoms with Crippen LogP contribution in [0.2, 0.25) is 0 Å². The molecule has 1 aliphatic carbocycles. The highest BCUT2D eigenvalue weighted by Gasteiger charge is 2.44. The molecule has 1 saturated heterocycles. The van der Waals surface area contributed by atoms with E-state index in [9.17, 15) is 22.8 Å². The van der Waals surface area contributed by atoms with Gasteiger partial charge in [-0.25, -0.2) is 4.79 Å². The van der Waals surface area contributed by atoms with E-state index in [1.807, 2.05) is 59.5 Å². The van der Waals surface area contributed by atoms with Gasteiger partial charge in [0.2, 0.25) is 12.7 Å². The Bertz CT molecular complexity index is 2070. The summed E-state index contributed by atoms with van der Waals surface area (Å²) in [6.07, 6.45) is -4.44. The Balaban J connectivity index is 1.22. The summed E-state index contributed by atoms with van der Waals surface area (Å²) in [5.74, 6) is 0.279. The molecule has 1 amide bonds. The summed E-state index contributed by atoms with van der Waals surface area (Å²) in [5.41, 5.74) is 2.28. The number of anilines is 1. The number of halogens is 3. The number of hydrogen-bond donors (Lipinski definition) is 0. The van der Waals surface area contributed by atoms with E-state index in [0.717, 1.165) is 28.8 Å². The molecule has 2 atom stereocenters. The molecule has 10 heteroatoms. The summed E-state index contributed by atoms with van der Waals surface area (Å²) in [6, 6.07) is 25.7. The third-order valence-electron chi connectivity index (χ3n) is 9.21. The topological polar surface area (TPSA) is 72.2 Å². The third-order valence-corrected chi connectivity index (χ3v) is 9.21. The van der Waals surface area contributed by atoms with Crippen molar-refractivity contribution in [1.29, 1.82) is 0 Å². The lowest BCUT2D eigenvalue weighted by molar-refractivity contribution is -0.137. The molecule has 0 radical (unpaired) electrons. The Morgan fingerprint density at radius 1 is 0.783 bits per heavy atom. The summed E-state index contributed by atoms with van der Waals surface area (Å²) >= 11 is 0. The Morgan fingerprint density at radius 2 is 1.52 bits per heavy atom. The van der Waals surface area contributed by atoms with Crippen molar-refractivity contribution in [2.75, 3.05) is 37.9 Å². The molecule has 3 aliphatic rings. The van der Waals surface area contributed by atoms with Gasteiger partial charge in [0.05, 0.1) is 16.9 Å². The summed E-state index contributed by atoms with van der Waals surface area (Å²) < 4.78 is 57.5. The van der Waals surface area contributed by atoms with Crippen LogP contribution in [0.1, 0.15) is 34.1 Å². The number of benzene rings is 4. The SMILES string of the molecule is O=C(C1c2ccccc2-c2oc(=O)c3ccccc3c2C1c1ccc2c(c1)OCO2)N1CCN(c2cccc(C(F)(F)F)c2)CC1. The number of alkyl halides is 3. The van der Waals surface area contributed by atoms with Gasteiger partial charge in [-0.3, -0.25) is 4.79 Å². The number of fused-ring (bicyclic) bond motifs is 6. The van der Waals surface area contributed by atoms with Crippen molar-refractivity contribution in [1.82, 2.24) is 4.90 Å². The van der Waals surface area contributed by atoms with Crippen LogP contribution >= 0.6 is 0 Å². The quantitative estimate of drug-likeness (QED) is 0.220. The fourth-order valence-corrected chi connectivity index (χ4v) is 7.05. The van der Waals surface area contributed by atoms with Crippen molar-refractivity contribution < 1.29 is 31.9 Å². The monoisotopic (exact) mass is 624 g/mol. The van der Waals surface area contributed by atoms with Gasteiger partial charge in [0, 0.05) is 48.9 Å². The molecule has 232 valence electrons. The first-order valence-corrected chi connectivity index (χ1v) is 15.0. The molecule has 3 heterocycles. The fourth-order valence-electron chi connectivity index (χ4n) is 7.05. The molecule has 2 unspecified atom stereocenters. The van der Waals surface area contributed by atoms with E-state index in [1.54, 1.807) is 23.1 Å². The number of piperazine rings is 1. The van der Waals surface area contributed by atoms with Crippen LogP contribution in [-0.2, 0) is 11.0 Å². The zero-order valence-electron chi connectivity index (χ0n) is 24.4. The van der Waals surface area contributed by atoms with Crippen molar-refractivity contribution in [3.63, 3.8) is 0 Å². The van der Waals surface area contributed by atoms with Gasteiger partial charge < -0.3 is 23.7 Å². The second-order valence-electron chi connectivity index (χ2n) is 11.7. The van der Waals surface area contributed by atoms with Gasteiger partial charge in [-0.2, -0.15) is 13.2 Å². The lowest BCUT2D eigenvalue weighted by atomic mass is 9.69. The normalized spacial score (nSPS) is 18.8. The highest BCUT2D eigenvalue weighted by Crippen LogP contribution is 2.53. The highest BCUT2D eigenvalue weighted by molar-refractivity contribution is 5.97. The molecule has 46 heavy (non-hydrogen) atoms. The van der Waals surface area contributed by atoms with Gasteiger partial charge in [-0.15, -0.1) is 0 Å². The first kappa shape index (κ1) is 28.2. The van der Waals surface area contributed by atoms with E-state index in [0.29, 0.717) is 65.5 Å². The molecular formula is C36H27F3N2O5. The standard InChI is InChI=1S/C36H27F3N2O5/c37-36(38,39)22-6-5-7-23(19-22)40-14-16-41(17-15-40)34(42)32-24-8-1-3-10-26(24)33-31(25-9-2-4-11-27(25)35(43)46-33)30(32)21-12-13-28-29(18-21)45-20-44-28/h1-13,18-19,30,32H,14-17,20H2. The van der Waals surface area contributed by atoms with Crippen LogP contribution < -0.4 is 20.0 Å². The van der Waals surface area contributed by atoms with E-state index < -0.39 is 29.2 Å². The minimum atomic E-state index is -4.44. The molecule has 0 spiro atoms. The maximum Gasteiger partial charge on any atom is 0.416 e. The number of hydrogen-bond acceptors (Lipinski definition) is 6. The average Bonchev–Trinajstić information content (AvgIpc) is 3.56. The molecule has 8 rings (SSSR count). The molecule has 1 aromatic heterocycles. The predicted octanol–water partition coefficient (Wildman–Crippen LogP) is 6.79. The second-order valence-corrected chi connectivity index (χ2v) is 11.7. The van der Waals surface area contributed by atoms with Crippen LogP contribution in [0.25, 0.3) is 22.1 Å². The first-order valence-electron chi connectivity index (χ1n) is 15.0. The number of amides is 1. The van der Waals surface area contributed by atoms with Crippen molar-refractivity contribution in [2.24, 2.45) is 0 Å². The maximum atomic E-state index is 14.8. The molecule has 0 bridgehead atoms. The molecular weight excluding hydrogens is 597 g/mol. The average molecular weight is 625 g/mol. The first-order chi connectivity index (χ1) is 22.3. The van der Waals surface area contributed by atoms with Crippen LogP contribution in [-0.4, -0.2) is 43.8 Å². The zero-order chi connectivity index (χ0) is 31.6. The Hall–Kier alpha value is -5.25. The Kier molecular flexibility index (Phi) is 6.56. The molecule has 0 saturated carbocycles. The number of carbonyl (C=O) groups is 1. The van der Waals surface area contributed by atoms with E-state index in [1.165, 1.54) is 6.07 Å². The lowest BCUT2D eigenvalue weighted by Crippen LogP contribution is -2.51. The third kappa shape index (κ3) is 4.58. The van der Waals surface area contributed by atoms with Crippen LogP contribution in [0.3, 0.4) is 0 Å². The van der Waals surface area contributed by atoms with Crippen molar-refractivity contribution in [2.45, 2.75) is 18.0 Å². The van der Waals surface area contributed by atoms with Crippen molar-refractivity contribution in [3.05, 3.63) is 124 Å². The second kappa shape index (κ2) is 10.7. The highest BCUT2D eigenvalue weighted by atomic mass is 19.4. The van der Waals surface area contributed by atoms with E-state index in [4.69, 9.17) is 13.9 Å². The number of carbonyl (C=O) groups excluding carboxylic acids is 1. The molecule has 0 N–H and O–H groups in total. The number of ether oxygens (including phenoxy) is 2. The maximum absolute atomic E-state index is 14.8. The molecule has 1 fully saturated rings. The van der Waals surface area contributed by atoms with E-state index in [2.05, 4.69) is 0 Å². The Morgan fingerprint density at radius 3 is 2.33 bits per heavy atom. The Labute approximate surface area is 261 Å². The summed E-state index contributed by atoms with van der Waals surface area (Å²) in [4.78, 5) is 31.6. The van der Waals surface area contributed by atoms with Crippen molar-refractivity contribution in [3.8, 4) is 22.8 Å². The lowest BCUT2D eigenvalue weighted by Gasteiger charge is -2.41. The van der Waals surface area contributed by atoms with Crippen LogP contribution in [0, 0.1) is 0 Å². The number of nitrogens with zero attached hydrogens (tertiary/aromatic N) is 2. The minimum absolute atomic E-state index is 0.0964. The van der Waals surface area contributed by atoms with Gasteiger partial charge in [0.15, 0.2) is 11.5 Å². The van der Waals surface area contributed by atoms with Crippen LogP contribution in [0.5, 0.6) is 11.5 Å². The number of rotatable bonds is 3. The minimum Gasteiger partial charge on any atom is -0.454 e. The molecule has 7 nitrogen and oxygen atoms in total. The molecule has 5 aromatic rings. The van der Waals surface area contributed by atoms with Crippen LogP contribution in [0.15, 0.2) is 100 Å². The van der Waals surface area contributed by atoms with Gasteiger partial charge >= 0.3 is 11.8 Å². The van der Waals surface area contributed by atoms with E-state index >= 15 is 0 Å². The van der Waals surface area contributed by atoms with E-state index in [-0.39, 0.29) is 12.7 Å². The summed E-state index contributed by atoms with van der Waals surface area (Å²) in [7, 11) is 0. The molecule has 4 aromatic carbocycles. The fraction of sp³-hybridized carbons (Fsp3) is 0.222. The summed E-state index contributed by atoms with van der Waals surface area (Å²) in [5, 5.41) is 1.13. The zero-order valence-corrected chi connectivity index (χ0v) is 24.4. The van der Waals surface area contributed by atoms with Gasteiger partial charge in [-0.1, -0.05) is 54.6 Å². The largest absolute Gasteiger partial charge is 0.454 e. The molecule has 2 aliphatic heterocycles. The van der Waals surface area contributed by atoms with Crippen LogP contribution in [0.4, 0.5) is 18.9 Å².